The summed E-state index contributed by atoms with van der Waals surface area (Å²) in [5.41, 5.74) is 7.08. The molecule has 1 saturated heterocycles. The Morgan fingerprint density at radius 1 is 0.973 bits per heavy atom. The molecule has 6 rings (SSSR count). The maximum Gasteiger partial charge on any atom is 0.0676 e. The second-order valence-electron chi connectivity index (χ2n) is 9.98. The first-order valence-corrected chi connectivity index (χ1v) is 14.0. The van der Waals surface area contributed by atoms with E-state index in [4.69, 9.17) is 11.6 Å². The lowest BCUT2D eigenvalue weighted by atomic mass is 10.0. The van der Waals surface area contributed by atoms with Crippen LogP contribution in [0.15, 0.2) is 77.3 Å². The molecule has 1 unspecified atom stereocenters. The van der Waals surface area contributed by atoms with E-state index in [1.807, 2.05) is 18.2 Å². The van der Waals surface area contributed by atoms with Gasteiger partial charge in [-0.25, -0.2) is 0 Å². The molecule has 1 atom stereocenters. The van der Waals surface area contributed by atoms with Crippen molar-refractivity contribution in [1.29, 1.82) is 0 Å². The van der Waals surface area contributed by atoms with Gasteiger partial charge in [-0.15, -0.1) is 0 Å². The van der Waals surface area contributed by atoms with Crippen molar-refractivity contribution in [2.24, 2.45) is 0 Å². The summed E-state index contributed by atoms with van der Waals surface area (Å²) in [5.74, 6) is 0. The van der Waals surface area contributed by atoms with Gasteiger partial charge in [-0.3, -0.25) is 4.90 Å². The van der Waals surface area contributed by atoms with Crippen molar-refractivity contribution in [1.82, 2.24) is 25.1 Å². The summed E-state index contributed by atoms with van der Waals surface area (Å²) in [5, 5.41) is 6.86. The normalized spacial score (nSPS) is 17.2. The number of aromatic amines is 2. The molecule has 0 bridgehead atoms. The first-order chi connectivity index (χ1) is 18.0. The molecule has 0 aliphatic carbocycles. The topological polar surface area (TPSA) is 50.1 Å². The van der Waals surface area contributed by atoms with Crippen LogP contribution in [-0.4, -0.2) is 59.5 Å². The Hall–Kier alpha value is -2.61. The molecule has 0 saturated carbocycles. The van der Waals surface area contributed by atoms with Crippen LogP contribution in [0, 0.1) is 0 Å². The number of fused-ring (bicyclic) bond motifs is 2. The van der Waals surface area contributed by atoms with E-state index in [-0.39, 0.29) is 0 Å². The van der Waals surface area contributed by atoms with Gasteiger partial charge in [-0.1, -0.05) is 63.9 Å². The minimum atomic E-state index is 0.431. The van der Waals surface area contributed by atoms with Crippen LogP contribution in [-0.2, 0) is 6.54 Å². The summed E-state index contributed by atoms with van der Waals surface area (Å²) in [6, 6.07) is 26.0. The predicted molar refractivity (Wildman–Crippen MR) is 158 cm³/mol. The largest absolute Gasteiger partial charge is 0.353 e. The number of piperazine rings is 1. The second-order valence-corrected chi connectivity index (χ2v) is 11.3. The molecule has 1 aliphatic rings. The molecule has 7 heteroatoms. The lowest BCUT2D eigenvalue weighted by Gasteiger charge is -2.40. The van der Waals surface area contributed by atoms with E-state index in [0.29, 0.717) is 6.04 Å². The number of aromatic nitrogens is 2. The van der Waals surface area contributed by atoms with Crippen LogP contribution in [0.5, 0.6) is 0 Å². The molecule has 0 radical (unpaired) electrons. The molecule has 0 spiro atoms. The first kappa shape index (κ1) is 24.7. The summed E-state index contributed by atoms with van der Waals surface area (Å²) in [7, 11) is 2.22. The number of hydrogen-bond acceptors (Lipinski definition) is 3. The van der Waals surface area contributed by atoms with Crippen molar-refractivity contribution < 1.29 is 0 Å². The van der Waals surface area contributed by atoms with E-state index >= 15 is 0 Å². The van der Waals surface area contributed by atoms with Crippen molar-refractivity contribution in [3.8, 4) is 11.4 Å². The third-order valence-electron chi connectivity index (χ3n) is 7.48. The number of likely N-dealkylation sites (N-methyl/N-ethyl adjacent to an activating group) is 1. The maximum atomic E-state index is 6.25. The maximum absolute atomic E-state index is 6.25. The number of H-pyrrole nitrogens is 2. The van der Waals surface area contributed by atoms with Crippen LogP contribution in [0.25, 0.3) is 33.2 Å². The van der Waals surface area contributed by atoms with E-state index < -0.39 is 0 Å². The molecule has 3 N–H and O–H groups in total. The van der Waals surface area contributed by atoms with Crippen LogP contribution in [0.1, 0.15) is 17.2 Å². The van der Waals surface area contributed by atoms with E-state index in [0.717, 1.165) is 76.6 Å². The standard InChI is InChI=1S/C30H31BrClN5/c1-36-13-14-37(29(19-36)20-5-3-2-4-6-20)12-11-33-18-25-24-9-7-22(31)17-27(24)35-30(25)28-16-21-15-23(32)8-10-26(21)34-28/h2-10,15-17,29,33-35H,11-14,18-19H2,1H3. The van der Waals surface area contributed by atoms with Gasteiger partial charge in [0.05, 0.1) is 11.4 Å². The summed E-state index contributed by atoms with van der Waals surface area (Å²) in [6.45, 7) is 5.99. The average molecular weight is 577 g/mol. The third-order valence-corrected chi connectivity index (χ3v) is 8.20. The molecule has 37 heavy (non-hydrogen) atoms. The lowest BCUT2D eigenvalue weighted by Crippen LogP contribution is -2.48. The van der Waals surface area contributed by atoms with Crippen molar-refractivity contribution in [3.63, 3.8) is 0 Å². The Morgan fingerprint density at radius 2 is 1.84 bits per heavy atom. The molecule has 2 aromatic heterocycles. The Bertz CT molecular complexity index is 1530. The number of benzene rings is 3. The fourth-order valence-electron chi connectivity index (χ4n) is 5.53. The SMILES string of the molecule is CN1CCN(CCNCc2c(-c3cc4cc(Cl)ccc4[nH]3)[nH]c3cc(Br)ccc23)C(c2ccccc2)C1. The molecule has 3 aromatic carbocycles. The lowest BCUT2D eigenvalue weighted by molar-refractivity contribution is 0.0906. The highest BCUT2D eigenvalue weighted by atomic mass is 79.9. The number of hydrogen-bond donors (Lipinski definition) is 3. The van der Waals surface area contributed by atoms with Gasteiger partial charge in [0.1, 0.15) is 0 Å². The van der Waals surface area contributed by atoms with Crippen molar-refractivity contribution in [2.45, 2.75) is 12.6 Å². The Kier molecular flexibility index (Phi) is 7.10. The van der Waals surface area contributed by atoms with Crippen molar-refractivity contribution in [3.05, 3.63) is 93.4 Å². The third kappa shape index (κ3) is 5.22. The van der Waals surface area contributed by atoms with Crippen LogP contribution in [0.3, 0.4) is 0 Å². The van der Waals surface area contributed by atoms with Crippen LogP contribution < -0.4 is 5.32 Å². The van der Waals surface area contributed by atoms with E-state index in [1.165, 1.54) is 16.5 Å². The Morgan fingerprint density at radius 3 is 2.70 bits per heavy atom. The predicted octanol–water partition coefficient (Wildman–Crippen LogP) is 6.81. The quantitative estimate of drug-likeness (QED) is 0.187. The van der Waals surface area contributed by atoms with Gasteiger partial charge in [-0.05, 0) is 49.0 Å². The number of nitrogens with zero attached hydrogens (tertiary/aromatic N) is 2. The molecular weight excluding hydrogens is 546 g/mol. The monoisotopic (exact) mass is 575 g/mol. The van der Waals surface area contributed by atoms with E-state index in [2.05, 4.69) is 103 Å². The molecular formula is C30H31BrClN5. The number of halogens is 2. The molecule has 0 amide bonds. The van der Waals surface area contributed by atoms with Gasteiger partial charge < -0.3 is 20.2 Å². The number of rotatable bonds is 7. The highest BCUT2D eigenvalue weighted by Gasteiger charge is 2.26. The van der Waals surface area contributed by atoms with Gasteiger partial charge in [0.2, 0.25) is 0 Å². The van der Waals surface area contributed by atoms with Crippen LogP contribution >= 0.6 is 27.5 Å². The molecule has 3 heterocycles. The Labute approximate surface area is 230 Å². The van der Waals surface area contributed by atoms with Crippen LogP contribution in [0.4, 0.5) is 0 Å². The fraction of sp³-hybridized carbons (Fsp3) is 0.267. The van der Waals surface area contributed by atoms with Crippen molar-refractivity contribution >= 4 is 49.3 Å². The highest BCUT2D eigenvalue weighted by molar-refractivity contribution is 9.10. The van der Waals surface area contributed by atoms with Crippen molar-refractivity contribution in [2.75, 3.05) is 39.8 Å². The molecule has 1 aliphatic heterocycles. The van der Waals surface area contributed by atoms with Gasteiger partial charge in [0, 0.05) is 82.2 Å². The minimum absolute atomic E-state index is 0.431. The summed E-state index contributed by atoms with van der Waals surface area (Å²) in [6.07, 6.45) is 0. The Balaban J connectivity index is 1.22. The van der Waals surface area contributed by atoms with Gasteiger partial charge in [0.25, 0.3) is 0 Å². The zero-order valence-corrected chi connectivity index (χ0v) is 23.2. The summed E-state index contributed by atoms with van der Waals surface area (Å²) >= 11 is 9.88. The zero-order valence-electron chi connectivity index (χ0n) is 20.9. The minimum Gasteiger partial charge on any atom is -0.353 e. The smallest absolute Gasteiger partial charge is 0.0676 e. The summed E-state index contributed by atoms with van der Waals surface area (Å²) in [4.78, 5) is 12.3. The number of nitrogens with one attached hydrogen (secondary N) is 3. The fourth-order valence-corrected chi connectivity index (χ4v) is 6.07. The summed E-state index contributed by atoms with van der Waals surface area (Å²) < 4.78 is 1.07. The molecule has 5 aromatic rings. The first-order valence-electron chi connectivity index (χ1n) is 12.8. The average Bonchev–Trinajstić information content (AvgIpc) is 3.48. The van der Waals surface area contributed by atoms with Gasteiger partial charge in [0.15, 0.2) is 0 Å². The van der Waals surface area contributed by atoms with Gasteiger partial charge >= 0.3 is 0 Å². The second kappa shape index (κ2) is 10.6. The van der Waals surface area contributed by atoms with Crippen LogP contribution in [0.2, 0.25) is 5.02 Å². The van der Waals surface area contributed by atoms with E-state index in [1.54, 1.807) is 0 Å². The highest BCUT2D eigenvalue weighted by Crippen LogP contribution is 2.34. The zero-order chi connectivity index (χ0) is 25.4. The molecule has 5 nitrogen and oxygen atoms in total. The van der Waals surface area contributed by atoms with E-state index in [9.17, 15) is 0 Å². The molecule has 190 valence electrons. The van der Waals surface area contributed by atoms with Gasteiger partial charge in [-0.2, -0.15) is 0 Å². The molecule has 1 fully saturated rings.